The molecule has 0 fully saturated rings. The van der Waals surface area contributed by atoms with Gasteiger partial charge in [0.05, 0.1) is 24.3 Å². The fourth-order valence-electron chi connectivity index (χ4n) is 3.22. The predicted octanol–water partition coefficient (Wildman–Crippen LogP) is 4.73. The lowest BCUT2D eigenvalue weighted by Crippen LogP contribution is -2.19. The van der Waals surface area contributed by atoms with Crippen molar-refractivity contribution in [2.45, 2.75) is 64.6 Å². The molecule has 0 radical (unpaired) electrons. The van der Waals surface area contributed by atoms with Crippen molar-refractivity contribution in [1.29, 1.82) is 0 Å². The molecule has 0 aliphatic rings. The van der Waals surface area contributed by atoms with Gasteiger partial charge in [0.1, 0.15) is 5.82 Å². The second-order valence-corrected chi connectivity index (χ2v) is 8.12. The molecule has 0 aliphatic carbocycles. The molecule has 5 nitrogen and oxygen atoms in total. The van der Waals surface area contributed by atoms with Crippen molar-refractivity contribution in [3.05, 3.63) is 59.2 Å². The summed E-state index contributed by atoms with van der Waals surface area (Å²) in [4.78, 5) is 15.5. The highest BCUT2D eigenvalue weighted by atomic mass is 19.1. The third-order valence-corrected chi connectivity index (χ3v) is 4.81. The first-order valence-corrected chi connectivity index (χ1v) is 10.1. The van der Waals surface area contributed by atoms with E-state index >= 15 is 0 Å². The van der Waals surface area contributed by atoms with Crippen LogP contribution in [0.1, 0.15) is 69.3 Å². The number of carboxylic acid groups (broad SMARTS) is 1. The Labute approximate surface area is 176 Å². The third kappa shape index (κ3) is 6.47. The van der Waals surface area contributed by atoms with Gasteiger partial charge in [-0.3, -0.25) is 9.78 Å². The molecule has 1 aromatic heterocycles. The summed E-state index contributed by atoms with van der Waals surface area (Å²) in [6, 6.07) is 8.22. The summed E-state index contributed by atoms with van der Waals surface area (Å²) >= 11 is 0. The molecule has 0 saturated carbocycles. The topological polar surface area (TPSA) is 90.7 Å². The fraction of sp³-hybridized carbons (Fsp3) is 0.417. The van der Waals surface area contributed by atoms with E-state index < -0.39 is 24.6 Å². The van der Waals surface area contributed by atoms with E-state index in [0.717, 1.165) is 28.1 Å². The number of aliphatic carboxylic acids is 1. The highest BCUT2D eigenvalue weighted by Gasteiger charge is 2.18. The van der Waals surface area contributed by atoms with Crippen LogP contribution in [0.4, 0.5) is 4.39 Å². The minimum Gasteiger partial charge on any atom is -0.481 e. The number of carbonyl (C=O) groups is 1. The van der Waals surface area contributed by atoms with E-state index in [1.54, 1.807) is 18.2 Å². The van der Waals surface area contributed by atoms with Crippen LogP contribution in [0.2, 0.25) is 0 Å². The molecule has 2 rings (SSSR count). The molecule has 0 amide bonds. The molecule has 0 saturated heterocycles. The van der Waals surface area contributed by atoms with Gasteiger partial charge < -0.3 is 15.3 Å². The smallest absolute Gasteiger partial charge is 0.305 e. The molecule has 1 heterocycles. The van der Waals surface area contributed by atoms with Gasteiger partial charge in [-0.25, -0.2) is 4.39 Å². The maximum Gasteiger partial charge on any atom is 0.305 e. The van der Waals surface area contributed by atoms with Crippen LogP contribution in [-0.4, -0.2) is 38.5 Å². The Morgan fingerprint density at radius 2 is 1.73 bits per heavy atom. The van der Waals surface area contributed by atoms with Crippen molar-refractivity contribution in [2.24, 2.45) is 0 Å². The Kier molecular flexibility index (Phi) is 8.26. The number of hydrogen-bond acceptors (Lipinski definition) is 4. The largest absolute Gasteiger partial charge is 0.481 e. The van der Waals surface area contributed by atoms with E-state index in [9.17, 15) is 19.4 Å². The van der Waals surface area contributed by atoms with Crippen LogP contribution in [0, 0.1) is 5.82 Å². The molecule has 30 heavy (non-hydrogen) atoms. The summed E-state index contributed by atoms with van der Waals surface area (Å²) in [6.07, 6.45) is 0.644. The minimum absolute atomic E-state index is 0.0802. The number of carboxylic acids is 1. The van der Waals surface area contributed by atoms with Crippen molar-refractivity contribution in [2.75, 3.05) is 0 Å². The number of pyridine rings is 1. The van der Waals surface area contributed by atoms with Crippen LogP contribution in [0.15, 0.2) is 36.4 Å². The number of nitrogens with zero attached hydrogens (tertiary/aromatic N) is 1. The van der Waals surface area contributed by atoms with Crippen LogP contribution >= 0.6 is 0 Å². The zero-order valence-electron chi connectivity index (χ0n) is 17.8. The molecule has 0 aliphatic heterocycles. The number of hydrogen-bond donors (Lipinski definition) is 3. The summed E-state index contributed by atoms with van der Waals surface area (Å²) in [5, 5.41) is 28.8. The minimum atomic E-state index is -1.13. The zero-order valence-corrected chi connectivity index (χ0v) is 17.8. The van der Waals surface area contributed by atoms with Crippen LogP contribution in [0.5, 0.6) is 0 Å². The van der Waals surface area contributed by atoms with Gasteiger partial charge in [0.2, 0.25) is 0 Å². The second kappa shape index (κ2) is 10.5. The van der Waals surface area contributed by atoms with Gasteiger partial charge in [-0.15, -0.1) is 0 Å². The van der Waals surface area contributed by atoms with Gasteiger partial charge >= 0.3 is 5.97 Å². The van der Waals surface area contributed by atoms with Gasteiger partial charge in [0, 0.05) is 17.7 Å². The lowest BCUT2D eigenvalue weighted by molar-refractivity contribution is -0.139. The Hall–Kier alpha value is -2.57. The quantitative estimate of drug-likeness (QED) is 0.551. The summed E-state index contributed by atoms with van der Waals surface area (Å²) in [5.41, 5.74) is 4.31. The SMILES string of the molecule is CC(C)c1cc(-c2ccc(F)cc2)c(/C=C/[C@H](O)C[C@H](O)CC(=O)O)c(C(C)C)n1. The van der Waals surface area contributed by atoms with Gasteiger partial charge in [-0.2, -0.15) is 0 Å². The molecule has 6 heteroatoms. The molecule has 162 valence electrons. The highest BCUT2D eigenvalue weighted by molar-refractivity contribution is 5.77. The first-order valence-electron chi connectivity index (χ1n) is 10.1. The van der Waals surface area contributed by atoms with Crippen LogP contribution in [0.25, 0.3) is 17.2 Å². The predicted molar refractivity (Wildman–Crippen MR) is 116 cm³/mol. The second-order valence-electron chi connectivity index (χ2n) is 8.12. The van der Waals surface area contributed by atoms with E-state index in [-0.39, 0.29) is 24.1 Å². The lowest BCUT2D eigenvalue weighted by atomic mass is 9.91. The molecule has 2 atom stereocenters. The molecular weight excluding hydrogens is 385 g/mol. The van der Waals surface area contributed by atoms with Crippen LogP contribution in [0.3, 0.4) is 0 Å². The van der Waals surface area contributed by atoms with E-state index in [1.807, 2.05) is 19.9 Å². The van der Waals surface area contributed by atoms with Gasteiger partial charge in [-0.1, -0.05) is 52.0 Å². The van der Waals surface area contributed by atoms with Crippen LogP contribution in [-0.2, 0) is 4.79 Å². The Bertz CT molecular complexity index is 891. The zero-order chi connectivity index (χ0) is 22.4. The van der Waals surface area contributed by atoms with E-state index in [1.165, 1.54) is 18.2 Å². The number of halogens is 1. The molecule has 0 bridgehead atoms. The number of aliphatic hydroxyl groups excluding tert-OH is 2. The van der Waals surface area contributed by atoms with E-state index in [0.29, 0.717) is 0 Å². The molecular formula is C24H30FNO4. The first kappa shape index (κ1) is 23.7. The Morgan fingerprint density at radius 1 is 1.10 bits per heavy atom. The first-order chi connectivity index (χ1) is 14.1. The number of aromatic nitrogens is 1. The van der Waals surface area contributed by atoms with Crippen molar-refractivity contribution in [3.63, 3.8) is 0 Å². The van der Waals surface area contributed by atoms with Crippen LogP contribution < -0.4 is 0 Å². The lowest BCUT2D eigenvalue weighted by Gasteiger charge is -2.19. The van der Waals surface area contributed by atoms with E-state index in [4.69, 9.17) is 10.1 Å². The molecule has 0 unspecified atom stereocenters. The normalized spacial score (nSPS) is 13.9. The summed E-state index contributed by atoms with van der Waals surface area (Å²) < 4.78 is 13.5. The summed E-state index contributed by atoms with van der Waals surface area (Å²) in [6.45, 7) is 8.19. The van der Waals surface area contributed by atoms with Gasteiger partial charge in [0.25, 0.3) is 0 Å². The Morgan fingerprint density at radius 3 is 2.27 bits per heavy atom. The van der Waals surface area contributed by atoms with Crippen molar-refractivity contribution < 1.29 is 24.5 Å². The average Bonchev–Trinajstić information content (AvgIpc) is 2.65. The highest BCUT2D eigenvalue weighted by Crippen LogP contribution is 2.33. The molecule has 3 N–H and O–H groups in total. The van der Waals surface area contributed by atoms with Gasteiger partial charge in [-0.05, 0) is 41.2 Å². The van der Waals surface area contributed by atoms with Gasteiger partial charge in [0.15, 0.2) is 0 Å². The molecule has 2 aromatic rings. The number of benzene rings is 1. The number of aliphatic hydroxyl groups is 2. The fourth-order valence-corrected chi connectivity index (χ4v) is 3.22. The summed E-state index contributed by atoms with van der Waals surface area (Å²) in [5.74, 6) is -1.12. The molecule has 0 spiro atoms. The van der Waals surface area contributed by atoms with Crippen molar-refractivity contribution >= 4 is 12.0 Å². The maximum atomic E-state index is 13.5. The average molecular weight is 416 g/mol. The standard InChI is InChI=1S/C24H30FNO4/c1-14(2)22-13-21(16-5-7-17(25)8-6-16)20(24(26-22)15(3)4)10-9-18(27)11-19(28)12-23(29)30/h5-10,13-15,18-19,27-28H,11-12H2,1-4H3,(H,29,30)/b10-9+/t18-,19-/m0/s1. The monoisotopic (exact) mass is 415 g/mol. The molecule has 1 aromatic carbocycles. The van der Waals surface area contributed by atoms with Crippen molar-refractivity contribution in [3.8, 4) is 11.1 Å². The summed E-state index contributed by atoms with van der Waals surface area (Å²) in [7, 11) is 0. The Balaban J connectivity index is 2.49. The maximum absolute atomic E-state index is 13.5. The van der Waals surface area contributed by atoms with E-state index in [2.05, 4.69) is 13.8 Å². The third-order valence-electron chi connectivity index (χ3n) is 4.81. The number of rotatable bonds is 9. The van der Waals surface area contributed by atoms with Crippen molar-refractivity contribution in [1.82, 2.24) is 4.98 Å².